The van der Waals surface area contributed by atoms with Gasteiger partial charge in [-0.25, -0.2) is 0 Å². The van der Waals surface area contributed by atoms with E-state index in [1.165, 1.54) is 18.4 Å². The number of aliphatic imine (C=N–C) groups is 1. The van der Waals surface area contributed by atoms with Crippen LogP contribution in [0.15, 0.2) is 29.3 Å². The summed E-state index contributed by atoms with van der Waals surface area (Å²) >= 11 is 6.21. The van der Waals surface area contributed by atoms with Crippen LogP contribution in [0.2, 0.25) is 5.02 Å². The molecule has 1 aliphatic carbocycles. The Morgan fingerprint density at radius 3 is 2.72 bits per heavy atom. The fourth-order valence-electron chi connectivity index (χ4n) is 3.04. The fraction of sp³-hybridized carbons (Fsp3) is 0.611. The molecule has 1 aromatic carbocycles. The van der Waals surface area contributed by atoms with Crippen LogP contribution >= 0.6 is 35.6 Å². The van der Waals surface area contributed by atoms with Crippen molar-refractivity contribution < 1.29 is 4.74 Å². The summed E-state index contributed by atoms with van der Waals surface area (Å²) < 4.78 is 5.50. The molecule has 0 amide bonds. The number of nitrogens with one attached hydrogen (secondary N) is 2. The third-order valence-corrected chi connectivity index (χ3v) is 4.90. The van der Waals surface area contributed by atoms with Crippen LogP contribution in [0.4, 0.5) is 0 Å². The largest absolute Gasteiger partial charge is 0.379 e. The van der Waals surface area contributed by atoms with Gasteiger partial charge in [-0.1, -0.05) is 23.7 Å². The Bertz CT molecular complexity index is 562. The van der Waals surface area contributed by atoms with Gasteiger partial charge in [-0.15, -0.1) is 24.0 Å². The number of ether oxygens (including phenoxy) is 1. The molecule has 140 valence electrons. The van der Waals surface area contributed by atoms with E-state index in [4.69, 9.17) is 16.3 Å². The van der Waals surface area contributed by atoms with Crippen LogP contribution in [0.25, 0.3) is 0 Å². The van der Waals surface area contributed by atoms with Crippen LogP contribution in [-0.2, 0) is 4.74 Å². The normalized spacial score (nSPS) is 19.8. The topological polar surface area (TPSA) is 48.9 Å². The Hall–Kier alpha value is -0.570. The molecule has 2 fully saturated rings. The van der Waals surface area contributed by atoms with Gasteiger partial charge in [-0.05, 0) is 36.5 Å². The van der Waals surface area contributed by atoms with Crippen LogP contribution < -0.4 is 10.6 Å². The van der Waals surface area contributed by atoms with Crippen molar-refractivity contribution in [2.24, 2.45) is 10.9 Å². The number of benzene rings is 1. The van der Waals surface area contributed by atoms with Crippen LogP contribution in [-0.4, -0.2) is 57.3 Å². The van der Waals surface area contributed by atoms with Crippen LogP contribution in [0.3, 0.4) is 0 Å². The second-order valence-electron chi connectivity index (χ2n) is 6.50. The van der Waals surface area contributed by atoms with Crippen molar-refractivity contribution in [1.29, 1.82) is 0 Å². The highest BCUT2D eigenvalue weighted by atomic mass is 127. The molecule has 2 N–H and O–H groups in total. The first kappa shape index (κ1) is 20.7. The van der Waals surface area contributed by atoms with Gasteiger partial charge in [-0.3, -0.25) is 9.89 Å². The number of guanidine groups is 1. The highest BCUT2D eigenvalue weighted by Crippen LogP contribution is 2.27. The molecule has 3 rings (SSSR count). The van der Waals surface area contributed by atoms with Gasteiger partial charge in [0.2, 0.25) is 0 Å². The van der Waals surface area contributed by atoms with E-state index in [2.05, 4.69) is 32.7 Å². The zero-order chi connectivity index (χ0) is 16.8. The van der Waals surface area contributed by atoms with Gasteiger partial charge < -0.3 is 15.4 Å². The quantitative estimate of drug-likeness (QED) is 0.375. The first-order valence-electron chi connectivity index (χ1n) is 8.78. The van der Waals surface area contributed by atoms with E-state index in [-0.39, 0.29) is 30.0 Å². The van der Waals surface area contributed by atoms with Gasteiger partial charge in [0.1, 0.15) is 0 Å². The predicted molar refractivity (Wildman–Crippen MR) is 114 cm³/mol. The van der Waals surface area contributed by atoms with Crippen LogP contribution in [0, 0.1) is 5.92 Å². The third-order valence-electron chi connectivity index (χ3n) is 4.66. The molecular weight excluding hydrogens is 451 g/mol. The maximum absolute atomic E-state index is 6.21. The van der Waals surface area contributed by atoms with Crippen molar-refractivity contribution in [3.05, 3.63) is 34.9 Å². The standard InChI is InChI=1S/C18H27ClN4O.HI/c1-20-18(21-12-14-5-6-14)22-13-17(23-7-9-24-10-8-23)15-3-2-4-16(19)11-15;/h2-4,11,14,17H,5-10,12-13H2,1H3,(H2,20,21,22);1H. The van der Waals surface area contributed by atoms with Gasteiger partial charge in [0, 0.05) is 38.2 Å². The number of morpholine rings is 1. The summed E-state index contributed by atoms with van der Waals surface area (Å²) in [6, 6.07) is 8.40. The first-order valence-corrected chi connectivity index (χ1v) is 9.16. The van der Waals surface area contributed by atoms with Gasteiger partial charge in [-0.2, -0.15) is 0 Å². The summed E-state index contributed by atoms with van der Waals surface area (Å²) in [6.45, 7) is 5.25. The van der Waals surface area contributed by atoms with E-state index < -0.39 is 0 Å². The molecular formula is C18H28ClIN4O. The first-order chi connectivity index (χ1) is 11.8. The van der Waals surface area contributed by atoms with Gasteiger partial charge >= 0.3 is 0 Å². The van der Waals surface area contributed by atoms with Crippen molar-refractivity contribution in [2.75, 3.05) is 46.4 Å². The summed E-state index contributed by atoms with van der Waals surface area (Å²) in [5.74, 6) is 1.70. The number of nitrogens with zero attached hydrogens (tertiary/aromatic N) is 2. The van der Waals surface area contributed by atoms with Crippen molar-refractivity contribution in [1.82, 2.24) is 15.5 Å². The van der Waals surface area contributed by atoms with Gasteiger partial charge in [0.05, 0.1) is 19.3 Å². The molecule has 0 radical (unpaired) electrons. The SMILES string of the molecule is CN=C(NCC1CC1)NCC(c1cccc(Cl)c1)N1CCOCC1.I. The molecule has 0 bridgehead atoms. The molecule has 25 heavy (non-hydrogen) atoms. The molecule has 5 nitrogen and oxygen atoms in total. The molecule has 1 unspecified atom stereocenters. The van der Waals surface area contributed by atoms with Crippen molar-refractivity contribution >= 4 is 41.5 Å². The highest BCUT2D eigenvalue weighted by molar-refractivity contribution is 14.0. The molecule has 1 aliphatic heterocycles. The van der Waals surface area contributed by atoms with Crippen LogP contribution in [0.5, 0.6) is 0 Å². The number of hydrogen-bond donors (Lipinski definition) is 2. The molecule has 2 aliphatic rings. The Balaban J connectivity index is 0.00000225. The zero-order valence-electron chi connectivity index (χ0n) is 14.7. The summed E-state index contributed by atoms with van der Waals surface area (Å²) in [7, 11) is 1.82. The molecule has 0 aromatic heterocycles. The predicted octanol–water partition coefficient (Wildman–Crippen LogP) is 2.91. The minimum atomic E-state index is 0. The maximum Gasteiger partial charge on any atom is 0.191 e. The van der Waals surface area contributed by atoms with Crippen molar-refractivity contribution in [3.63, 3.8) is 0 Å². The van der Waals surface area contributed by atoms with Gasteiger partial charge in [0.15, 0.2) is 5.96 Å². The lowest BCUT2D eigenvalue weighted by molar-refractivity contribution is 0.0170. The zero-order valence-corrected chi connectivity index (χ0v) is 17.8. The highest BCUT2D eigenvalue weighted by Gasteiger charge is 2.24. The fourth-order valence-corrected chi connectivity index (χ4v) is 3.24. The average Bonchev–Trinajstić information content (AvgIpc) is 3.43. The summed E-state index contributed by atoms with van der Waals surface area (Å²) in [5, 5.41) is 7.68. The second kappa shape index (κ2) is 10.5. The number of halogens is 2. The van der Waals surface area contributed by atoms with Gasteiger partial charge in [0.25, 0.3) is 0 Å². The molecule has 1 atom stereocenters. The molecule has 1 aromatic rings. The minimum Gasteiger partial charge on any atom is -0.379 e. The molecule has 1 heterocycles. The lowest BCUT2D eigenvalue weighted by atomic mass is 10.0. The van der Waals surface area contributed by atoms with E-state index in [0.717, 1.165) is 56.3 Å². The van der Waals surface area contributed by atoms with E-state index in [1.54, 1.807) is 0 Å². The minimum absolute atomic E-state index is 0. The molecule has 0 spiro atoms. The second-order valence-corrected chi connectivity index (χ2v) is 6.93. The molecule has 1 saturated carbocycles. The lowest BCUT2D eigenvalue weighted by Crippen LogP contribution is -2.46. The Morgan fingerprint density at radius 2 is 2.08 bits per heavy atom. The average molecular weight is 479 g/mol. The monoisotopic (exact) mass is 478 g/mol. The molecule has 1 saturated heterocycles. The number of rotatable bonds is 6. The third kappa shape index (κ3) is 6.58. The lowest BCUT2D eigenvalue weighted by Gasteiger charge is -2.35. The molecule has 7 heteroatoms. The Labute approximate surface area is 172 Å². The smallest absolute Gasteiger partial charge is 0.191 e. The Morgan fingerprint density at radius 1 is 1.32 bits per heavy atom. The van der Waals surface area contributed by atoms with Crippen molar-refractivity contribution in [2.45, 2.75) is 18.9 Å². The number of hydrogen-bond acceptors (Lipinski definition) is 3. The van der Waals surface area contributed by atoms with E-state index in [1.807, 2.05) is 19.2 Å². The van der Waals surface area contributed by atoms with E-state index in [9.17, 15) is 0 Å². The van der Waals surface area contributed by atoms with Crippen LogP contribution in [0.1, 0.15) is 24.4 Å². The summed E-state index contributed by atoms with van der Waals surface area (Å²) in [6.07, 6.45) is 2.67. The van der Waals surface area contributed by atoms with Crippen molar-refractivity contribution in [3.8, 4) is 0 Å². The summed E-state index contributed by atoms with van der Waals surface area (Å²) in [5.41, 5.74) is 1.23. The summed E-state index contributed by atoms with van der Waals surface area (Å²) in [4.78, 5) is 6.80. The maximum atomic E-state index is 6.21. The Kier molecular flexibility index (Phi) is 8.75. The van der Waals surface area contributed by atoms with E-state index in [0.29, 0.717) is 0 Å². The van der Waals surface area contributed by atoms with E-state index >= 15 is 0 Å².